The second kappa shape index (κ2) is 10.5. The number of benzene rings is 1. The molecule has 1 aromatic rings. The van der Waals surface area contributed by atoms with Crippen LogP contribution in [0.2, 0.25) is 0 Å². The van der Waals surface area contributed by atoms with Crippen LogP contribution in [0.5, 0.6) is 0 Å². The van der Waals surface area contributed by atoms with Gasteiger partial charge in [0.25, 0.3) is 0 Å². The van der Waals surface area contributed by atoms with Gasteiger partial charge in [-0.25, -0.2) is 4.79 Å². The van der Waals surface area contributed by atoms with Crippen molar-refractivity contribution in [2.45, 2.75) is 44.4 Å². The number of amides is 1. The van der Waals surface area contributed by atoms with Gasteiger partial charge in [-0.3, -0.25) is 15.0 Å². The largest absolute Gasteiger partial charge is 0.384 e. The van der Waals surface area contributed by atoms with Gasteiger partial charge in [-0.15, -0.1) is 0 Å². The fourth-order valence-corrected chi connectivity index (χ4v) is 3.78. The third-order valence-electron chi connectivity index (χ3n) is 4.40. The molecule has 1 fully saturated rings. The van der Waals surface area contributed by atoms with E-state index in [1.54, 1.807) is 19.1 Å². The maximum absolute atomic E-state index is 12.1. The summed E-state index contributed by atoms with van der Waals surface area (Å²) in [6.45, 7) is 1.38. The molecule has 1 aliphatic rings. The van der Waals surface area contributed by atoms with Gasteiger partial charge in [-0.05, 0) is 18.4 Å². The summed E-state index contributed by atoms with van der Waals surface area (Å²) in [5.41, 5.74) is 15.4. The van der Waals surface area contributed by atoms with Crippen molar-refractivity contribution in [1.82, 2.24) is 10.8 Å². The van der Waals surface area contributed by atoms with E-state index in [2.05, 4.69) is 15.0 Å². The van der Waals surface area contributed by atoms with Crippen LogP contribution in [0, 0.1) is 5.41 Å². The third-order valence-corrected chi connectivity index (χ3v) is 5.72. The Labute approximate surface area is 175 Å². The minimum atomic E-state index is -3.96. The Morgan fingerprint density at radius 3 is 2.63 bits per heavy atom. The van der Waals surface area contributed by atoms with Crippen LogP contribution in [0.15, 0.2) is 24.3 Å². The fraction of sp³-hybridized carbons (Fsp3) is 0.500. The lowest BCUT2D eigenvalue weighted by atomic mass is 9.99. The van der Waals surface area contributed by atoms with E-state index in [0.717, 1.165) is 5.56 Å². The van der Waals surface area contributed by atoms with Gasteiger partial charge in [0.2, 0.25) is 5.91 Å². The zero-order valence-corrected chi connectivity index (χ0v) is 17.4. The van der Waals surface area contributed by atoms with Crippen LogP contribution in [0.3, 0.4) is 0 Å². The van der Waals surface area contributed by atoms with E-state index in [4.69, 9.17) is 21.7 Å². The van der Waals surface area contributed by atoms with Crippen molar-refractivity contribution < 1.29 is 27.0 Å². The Hall–Kier alpha value is -2.54. The van der Waals surface area contributed by atoms with Crippen molar-refractivity contribution in [2.75, 3.05) is 12.3 Å². The van der Waals surface area contributed by atoms with Crippen molar-refractivity contribution in [3.8, 4) is 0 Å². The Morgan fingerprint density at radius 2 is 2.03 bits per heavy atom. The molecule has 1 amide bonds. The van der Waals surface area contributed by atoms with Crippen LogP contribution in [0.1, 0.15) is 43.4 Å². The molecule has 30 heavy (non-hydrogen) atoms. The highest BCUT2D eigenvalue weighted by atomic mass is 32.2. The first-order valence-electron chi connectivity index (χ1n) is 9.45. The minimum absolute atomic E-state index is 0.0169. The third kappa shape index (κ3) is 7.06. The maximum Gasteiger partial charge on any atom is 0.340 e. The molecule has 1 heterocycles. The van der Waals surface area contributed by atoms with Crippen LogP contribution in [-0.2, 0) is 28.7 Å². The van der Waals surface area contributed by atoms with Gasteiger partial charge in [0, 0.05) is 12.1 Å². The molecule has 0 aliphatic carbocycles. The molecule has 0 aromatic heterocycles. The molecule has 166 valence electrons. The molecular weight excluding hydrogens is 414 g/mol. The summed E-state index contributed by atoms with van der Waals surface area (Å²) in [7, 11) is -3.96. The van der Waals surface area contributed by atoms with E-state index in [9.17, 15) is 18.0 Å². The highest BCUT2D eigenvalue weighted by Crippen LogP contribution is 2.27. The lowest BCUT2D eigenvalue weighted by Crippen LogP contribution is -2.44. The first-order chi connectivity index (χ1) is 14.1. The summed E-state index contributed by atoms with van der Waals surface area (Å²) >= 11 is 0. The monoisotopic (exact) mass is 441 g/mol. The number of carbonyl (C=O) groups excluding carboxylic acids is 2. The van der Waals surface area contributed by atoms with Crippen LogP contribution < -0.4 is 22.3 Å². The summed E-state index contributed by atoms with van der Waals surface area (Å²) < 4.78 is 27.4. The number of amidine groups is 1. The Balaban J connectivity index is 1.76. The van der Waals surface area contributed by atoms with Crippen molar-refractivity contribution in [1.29, 1.82) is 5.41 Å². The Kier molecular flexibility index (Phi) is 8.29. The number of nitrogen functional groups attached to an aromatic ring is 1. The van der Waals surface area contributed by atoms with Crippen LogP contribution in [-0.4, -0.2) is 50.6 Å². The first-order valence-corrected chi connectivity index (χ1v) is 11.0. The van der Waals surface area contributed by atoms with Crippen LogP contribution in [0.25, 0.3) is 0 Å². The Bertz CT molecular complexity index is 874. The van der Waals surface area contributed by atoms with E-state index in [-0.39, 0.29) is 30.6 Å². The maximum atomic E-state index is 12.1. The molecule has 1 aliphatic heterocycles. The van der Waals surface area contributed by atoms with Crippen molar-refractivity contribution in [3.63, 3.8) is 0 Å². The molecule has 1 saturated heterocycles. The van der Waals surface area contributed by atoms with Gasteiger partial charge in [0.15, 0.2) is 0 Å². The summed E-state index contributed by atoms with van der Waals surface area (Å²) in [5.74, 6) is -1.81. The second-order valence-corrected chi connectivity index (χ2v) is 8.65. The van der Waals surface area contributed by atoms with Gasteiger partial charge in [0.05, 0.1) is 24.3 Å². The number of carbonyl (C=O) groups is 2. The average molecular weight is 442 g/mol. The van der Waals surface area contributed by atoms with E-state index >= 15 is 0 Å². The molecule has 0 unspecified atom stereocenters. The summed E-state index contributed by atoms with van der Waals surface area (Å²) in [4.78, 5) is 29.3. The van der Waals surface area contributed by atoms with Crippen LogP contribution >= 0.6 is 0 Å². The molecular formula is C18H27N5O6S. The molecule has 0 bridgehead atoms. The second-order valence-electron chi connectivity index (χ2n) is 6.96. The molecule has 0 radical (unpaired) electrons. The predicted molar refractivity (Wildman–Crippen MR) is 109 cm³/mol. The average Bonchev–Trinajstić information content (AvgIpc) is 3.14. The van der Waals surface area contributed by atoms with Crippen molar-refractivity contribution in [3.05, 3.63) is 35.4 Å². The normalized spacial score (nSPS) is 19.8. The molecule has 12 heteroatoms. The summed E-state index contributed by atoms with van der Waals surface area (Å²) in [6.07, 6.45) is 0.482. The molecule has 1 aromatic carbocycles. The topological polar surface area (TPSA) is 187 Å². The number of hydroxylamine groups is 1. The first kappa shape index (κ1) is 23.7. The zero-order chi connectivity index (χ0) is 22.3. The molecule has 3 atom stereocenters. The molecule has 0 saturated carbocycles. The summed E-state index contributed by atoms with van der Waals surface area (Å²) in [5, 5.41) is 9.88. The number of rotatable bonds is 10. The lowest BCUT2D eigenvalue weighted by Gasteiger charge is -2.13. The van der Waals surface area contributed by atoms with E-state index in [0.29, 0.717) is 18.4 Å². The number of hydrogen-bond acceptors (Lipinski definition) is 9. The van der Waals surface area contributed by atoms with E-state index in [1.807, 2.05) is 12.1 Å². The van der Waals surface area contributed by atoms with Gasteiger partial charge >= 0.3 is 16.1 Å². The smallest absolute Gasteiger partial charge is 0.340 e. The standard InChI is InChI=1S/C18H27N5O6S/c1-2-7-30(26,27)29-18(25)14(19)10-22-16(24)9-13-8-15(23-28-13)11-3-5-12(6-4-11)17(20)21/h3-6,13-15,23H,2,7-10,19H2,1H3,(H3,20,21)(H,22,24)/t13-,14+,15+/m1/s1. The van der Waals surface area contributed by atoms with Crippen molar-refractivity contribution in [2.24, 2.45) is 11.5 Å². The van der Waals surface area contributed by atoms with Gasteiger partial charge in [0.1, 0.15) is 11.9 Å². The molecule has 0 spiro atoms. The number of hydrogen-bond donors (Lipinski definition) is 5. The van der Waals surface area contributed by atoms with Gasteiger partial charge < -0.3 is 21.0 Å². The lowest BCUT2D eigenvalue weighted by molar-refractivity contribution is -0.135. The number of nitrogens with two attached hydrogens (primary N) is 2. The number of nitrogens with one attached hydrogen (secondary N) is 3. The predicted octanol–water partition coefficient (Wildman–Crippen LogP) is -0.578. The highest BCUT2D eigenvalue weighted by Gasteiger charge is 2.29. The van der Waals surface area contributed by atoms with E-state index < -0.39 is 34.1 Å². The zero-order valence-electron chi connectivity index (χ0n) is 16.6. The van der Waals surface area contributed by atoms with Crippen LogP contribution in [0.4, 0.5) is 0 Å². The summed E-state index contributed by atoms with van der Waals surface area (Å²) in [6, 6.07) is 5.72. The van der Waals surface area contributed by atoms with Crippen molar-refractivity contribution >= 4 is 27.8 Å². The SMILES string of the molecule is CCCS(=O)(=O)OC(=O)[C@@H](N)CNC(=O)C[C@H]1C[C@@H](c2ccc(C(=N)N)cc2)NO1. The fourth-order valence-electron chi connectivity index (χ4n) is 2.83. The molecule has 11 nitrogen and oxygen atoms in total. The molecule has 2 rings (SSSR count). The Morgan fingerprint density at radius 1 is 1.37 bits per heavy atom. The minimum Gasteiger partial charge on any atom is -0.384 e. The van der Waals surface area contributed by atoms with Gasteiger partial charge in [-0.1, -0.05) is 31.2 Å². The highest BCUT2D eigenvalue weighted by molar-refractivity contribution is 7.87. The quantitative estimate of drug-likeness (QED) is 0.180. The molecule has 7 N–H and O–H groups in total. The van der Waals surface area contributed by atoms with Gasteiger partial charge in [-0.2, -0.15) is 13.9 Å². The van der Waals surface area contributed by atoms with E-state index in [1.165, 1.54) is 0 Å².